The lowest BCUT2D eigenvalue weighted by molar-refractivity contribution is 0.575. The average molecular weight is 317 g/mol. The Morgan fingerprint density at radius 1 is 0.652 bits per heavy atom. The molecular weight excluding hydrogens is 278 g/mol. The van der Waals surface area contributed by atoms with Gasteiger partial charge in [-0.2, -0.15) is 0 Å². The maximum Gasteiger partial charge on any atom is 0.0366 e. The first-order chi connectivity index (χ1) is 11.4. The summed E-state index contributed by atoms with van der Waals surface area (Å²) in [7, 11) is 0. The lowest BCUT2D eigenvalue weighted by Crippen LogP contribution is -2.25. The molecule has 0 atom stereocenters. The normalized spacial score (nSPS) is 10.9. The maximum absolute atomic E-state index is 3.14. The number of nitrogens with zero attached hydrogens (tertiary/aromatic N) is 1. The molecule has 0 amide bonds. The number of rotatable bonds is 15. The van der Waals surface area contributed by atoms with Crippen LogP contribution in [0.4, 0.5) is 5.69 Å². The molecule has 0 aliphatic rings. The van der Waals surface area contributed by atoms with Gasteiger partial charge in [0, 0.05) is 18.8 Å². The molecule has 0 aliphatic carbocycles. The van der Waals surface area contributed by atoms with E-state index in [9.17, 15) is 0 Å². The van der Waals surface area contributed by atoms with Gasteiger partial charge in [0.25, 0.3) is 0 Å². The Labute approximate surface area is 145 Å². The maximum atomic E-state index is 3.14. The van der Waals surface area contributed by atoms with Gasteiger partial charge in [-0.1, -0.05) is 90.2 Å². The molecule has 1 aromatic rings. The zero-order valence-electron chi connectivity index (χ0n) is 15.7. The summed E-state index contributed by atoms with van der Waals surface area (Å²) < 4.78 is 0. The van der Waals surface area contributed by atoms with Gasteiger partial charge in [0.05, 0.1) is 0 Å². The summed E-state index contributed by atoms with van der Waals surface area (Å²) in [5.41, 5.74) is 1.38. The summed E-state index contributed by atoms with van der Waals surface area (Å²) in [5.74, 6) is 0. The third-order valence-corrected chi connectivity index (χ3v) is 4.63. The van der Waals surface area contributed by atoms with Crippen LogP contribution in [0.1, 0.15) is 90.9 Å². The predicted molar refractivity (Wildman–Crippen MR) is 104 cm³/mol. The molecule has 1 rings (SSSR count). The third kappa shape index (κ3) is 10.4. The molecule has 0 spiro atoms. The third-order valence-electron chi connectivity index (χ3n) is 4.63. The predicted octanol–water partition coefficient (Wildman–Crippen LogP) is 7.01. The molecular formula is C22H38N. The summed E-state index contributed by atoms with van der Waals surface area (Å²) in [4.78, 5) is 2.59. The summed E-state index contributed by atoms with van der Waals surface area (Å²) in [6.45, 7) is 7.00. The minimum atomic E-state index is 1.21. The molecule has 131 valence electrons. The van der Waals surface area contributed by atoms with Crippen LogP contribution in [0.3, 0.4) is 0 Å². The Morgan fingerprint density at radius 2 is 1.09 bits per heavy atom. The molecule has 0 N–H and O–H groups in total. The summed E-state index contributed by atoms with van der Waals surface area (Å²) in [6.07, 6.45) is 16.5. The number of hydrogen-bond donors (Lipinski definition) is 0. The van der Waals surface area contributed by atoms with Crippen molar-refractivity contribution in [2.24, 2.45) is 0 Å². The first kappa shape index (κ1) is 20.1. The van der Waals surface area contributed by atoms with Crippen LogP contribution in [-0.4, -0.2) is 13.1 Å². The van der Waals surface area contributed by atoms with E-state index in [1.807, 2.05) is 12.1 Å². The highest BCUT2D eigenvalue weighted by molar-refractivity contribution is 5.45. The van der Waals surface area contributed by atoms with Gasteiger partial charge < -0.3 is 4.90 Å². The molecule has 0 heterocycles. The molecule has 0 unspecified atom stereocenters. The molecule has 1 nitrogen and oxygen atoms in total. The Balaban J connectivity index is 2.26. The van der Waals surface area contributed by atoms with Gasteiger partial charge in [0.15, 0.2) is 0 Å². The molecule has 0 saturated carbocycles. The Morgan fingerprint density at radius 3 is 1.57 bits per heavy atom. The van der Waals surface area contributed by atoms with Crippen molar-refractivity contribution < 1.29 is 0 Å². The van der Waals surface area contributed by atoms with Gasteiger partial charge in [-0.15, -0.1) is 0 Å². The Kier molecular flexibility index (Phi) is 12.7. The molecule has 1 radical (unpaired) electrons. The summed E-state index contributed by atoms with van der Waals surface area (Å²) in [6, 6.07) is 11.7. The van der Waals surface area contributed by atoms with Crippen molar-refractivity contribution in [2.75, 3.05) is 18.0 Å². The van der Waals surface area contributed by atoms with E-state index in [2.05, 4.69) is 36.9 Å². The minimum Gasteiger partial charge on any atom is -0.372 e. The highest BCUT2D eigenvalue weighted by Gasteiger charge is 2.05. The van der Waals surface area contributed by atoms with E-state index in [-0.39, 0.29) is 0 Å². The van der Waals surface area contributed by atoms with Crippen LogP contribution in [0.15, 0.2) is 24.3 Å². The van der Waals surface area contributed by atoms with E-state index in [1.165, 1.54) is 95.8 Å². The van der Waals surface area contributed by atoms with E-state index < -0.39 is 0 Å². The molecule has 0 aromatic heterocycles. The molecule has 1 aromatic carbocycles. The number of benzene rings is 1. The standard InChI is InChI=1S/C22H38N/c1-3-5-7-9-11-16-20-23(22-18-14-13-15-19-22)21-17-12-10-8-6-4-2/h14-15,18-19H,3-12,16-17,20-21H2,1-2H3. The van der Waals surface area contributed by atoms with E-state index in [4.69, 9.17) is 0 Å². The Bertz CT molecular complexity index is 330. The van der Waals surface area contributed by atoms with Gasteiger partial charge in [0.2, 0.25) is 0 Å². The second kappa shape index (κ2) is 14.6. The molecule has 1 heteroatoms. The zero-order chi connectivity index (χ0) is 16.6. The lowest BCUT2D eigenvalue weighted by Gasteiger charge is -2.25. The van der Waals surface area contributed by atoms with Gasteiger partial charge in [-0.25, -0.2) is 0 Å². The van der Waals surface area contributed by atoms with E-state index in [0.717, 1.165) is 0 Å². The quantitative estimate of drug-likeness (QED) is 0.314. The summed E-state index contributed by atoms with van der Waals surface area (Å²) in [5, 5.41) is 0. The van der Waals surface area contributed by atoms with Crippen molar-refractivity contribution in [1.29, 1.82) is 0 Å². The number of hydrogen-bond acceptors (Lipinski definition) is 1. The van der Waals surface area contributed by atoms with Crippen LogP contribution in [0.25, 0.3) is 0 Å². The van der Waals surface area contributed by atoms with Gasteiger partial charge in [0.1, 0.15) is 0 Å². The summed E-state index contributed by atoms with van der Waals surface area (Å²) >= 11 is 0. The first-order valence-electron chi connectivity index (χ1n) is 10.1. The fraction of sp³-hybridized carbons (Fsp3) is 0.727. The monoisotopic (exact) mass is 316 g/mol. The molecule has 0 aliphatic heterocycles. The second-order valence-electron chi connectivity index (χ2n) is 6.78. The van der Waals surface area contributed by atoms with E-state index in [0.29, 0.717) is 0 Å². The zero-order valence-corrected chi connectivity index (χ0v) is 15.7. The van der Waals surface area contributed by atoms with Crippen LogP contribution in [0, 0.1) is 6.07 Å². The highest BCUT2D eigenvalue weighted by Crippen LogP contribution is 2.16. The minimum absolute atomic E-state index is 1.21. The number of unbranched alkanes of at least 4 members (excludes halogenated alkanes) is 10. The van der Waals surface area contributed by atoms with Gasteiger partial charge >= 0.3 is 0 Å². The average Bonchev–Trinajstić information content (AvgIpc) is 2.60. The lowest BCUT2D eigenvalue weighted by atomic mass is 10.1. The smallest absolute Gasteiger partial charge is 0.0366 e. The topological polar surface area (TPSA) is 3.24 Å². The second-order valence-corrected chi connectivity index (χ2v) is 6.78. The van der Waals surface area contributed by atoms with Crippen molar-refractivity contribution in [3.05, 3.63) is 30.3 Å². The fourth-order valence-corrected chi connectivity index (χ4v) is 3.12. The van der Waals surface area contributed by atoms with Crippen molar-refractivity contribution in [2.45, 2.75) is 90.9 Å². The van der Waals surface area contributed by atoms with Gasteiger partial charge in [-0.05, 0) is 31.0 Å². The highest BCUT2D eigenvalue weighted by atomic mass is 15.1. The Hall–Kier alpha value is -0.980. The molecule has 0 bridgehead atoms. The largest absolute Gasteiger partial charge is 0.372 e. The van der Waals surface area contributed by atoms with Crippen LogP contribution in [-0.2, 0) is 0 Å². The van der Waals surface area contributed by atoms with Crippen LogP contribution < -0.4 is 4.90 Å². The molecule has 0 fully saturated rings. The van der Waals surface area contributed by atoms with Crippen LogP contribution in [0.2, 0.25) is 0 Å². The number of anilines is 1. The van der Waals surface area contributed by atoms with Crippen molar-refractivity contribution in [3.63, 3.8) is 0 Å². The van der Waals surface area contributed by atoms with E-state index in [1.54, 1.807) is 0 Å². The molecule has 0 saturated heterocycles. The van der Waals surface area contributed by atoms with Crippen molar-refractivity contribution >= 4 is 5.69 Å². The fourth-order valence-electron chi connectivity index (χ4n) is 3.12. The van der Waals surface area contributed by atoms with Gasteiger partial charge in [-0.3, -0.25) is 0 Å². The van der Waals surface area contributed by atoms with Crippen LogP contribution in [0.5, 0.6) is 0 Å². The van der Waals surface area contributed by atoms with Crippen molar-refractivity contribution in [1.82, 2.24) is 0 Å². The first-order valence-corrected chi connectivity index (χ1v) is 10.1. The molecule has 23 heavy (non-hydrogen) atoms. The van der Waals surface area contributed by atoms with E-state index >= 15 is 0 Å². The van der Waals surface area contributed by atoms with Crippen molar-refractivity contribution in [3.8, 4) is 0 Å². The van der Waals surface area contributed by atoms with Crippen LogP contribution >= 0.6 is 0 Å². The SMILES string of the molecule is CCCCCCCCN(CCCCCCCC)c1cc[c]cc1.